The van der Waals surface area contributed by atoms with E-state index in [1.54, 1.807) is 13.8 Å². The van der Waals surface area contributed by atoms with Crippen molar-refractivity contribution in [3.05, 3.63) is 36.6 Å². The van der Waals surface area contributed by atoms with Gasteiger partial charge in [-0.25, -0.2) is 9.59 Å². The predicted molar refractivity (Wildman–Crippen MR) is 84.7 cm³/mol. The molecule has 0 aliphatic carbocycles. The van der Waals surface area contributed by atoms with E-state index >= 15 is 0 Å². The molecule has 7 heteroatoms. The molecule has 0 aromatic rings. The number of hydrogen-bond donors (Lipinski definition) is 0. The second-order valence-corrected chi connectivity index (χ2v) is 5.69. The van der Waals surface area contributed by atoms with Crippen LogP contribution in [0.1, 0.15) is 20.3 Å². The maximum Gasteiger partial charge on any atom is 0.508 e. The van der Waals surface area contributed by atoms with Gasteiger partial charge in [-0.2, -0.15) is 0 Å². The van der Waals surface area contributed by atoms with E-state index in [9.17, 15) is 14.4 Å². The summed E-state index contributed by atoms with van der Waals surface area (Å²) in [7, 11) is 0. The van der Waals surface area contributed by atoms with Crippen LogP contribution in [0.4, 0.5) is 4.79 Å². The lowest BCUT2D eigenvalue weighted by Gasteiger charge is -2.45. The van der Waals surface area contributed by atoms with E-state index in [4.69, 9.17) is 14.2 Å². The van der Waals surface area contributed by atoms with Gasteiger partial charge in [0, 0.05) is 0 Å². The first-order valence-electron chi connectivity index (χ1n) is 7.67. The third-order valence-corrected chi connectivity index (χ3v) is 4.06. The lowest BCUT2D eigenvalue weighted by atomic mass is 9.83. The number of β-lactam (4-membered cyclic amide) rings is 1. The highest BCUT2D eigenvalue weighted by atomic mass is 16.7. The van der Waals surface area contributed by atoms with E-state index in [1.165, 1.54) is 17.1 Å². The summed E-state index contributed by atoms with van der Waals surface area (Å²) in [6.07, 6.45) is 1.94. The van der Waals surface area contributed by atoms with Gasteiger partial charge < -0.3 is 19.1 Å². The van der Waals surface area contributed by atoms with Crippen LogP contribution in [0, 0.1) is 5.92 Å². The molecule has 0 N–H and O–H groups in total. The summed E-state index contributed by atoms with van der Waals surface area (Å²) >= 11 is 0. The van der Waals surface area contributed by atoms with Crippen molar-refractivity contribution in [2.75, 3.05) is 13.2 Å². The number of carbonyl (C=O) groups is 3. The minimum Gasteiger partial charge on any atom is -0.457 e. The van der Waals surface area contributed by atoms with Gasteiger partial charge in [-0.1, -0.05) is 25.3 Å². The molecule has 3 atom stereocenters. The van der Waals surface area contributed by atoms with Gasteiger partial charge in [0.1, 0.15) is 25.0 Å². The fourth-order valence-electron chi connectivity index (χ4n) is 3.05. The first-order chi connectivity index (χ1) is 11.4. The van der Waals surface area contributed by atoms with Gasteiger partial charge in [0.05, 0.1) is 12.0 Å². The summed E-state index contributed by atoms with van der Waals surface area (Å²) in [5, 5.41) is 0. The zero-order chi connectivity index (χ0) is 17.9. The molecule has 2 heterocycles. The van der Waals surface area contributed by atoms with Gasteiger partial charge in [-0.15, -0.1) is 0 Å². The summed E-state index contributed by atoms with van der Waals surface area (Å²) in [6.45, 7) is 10.5. The Hall–Kier alpha value is -2.57. The Labute approximate surface area is 140 Å². The van der Waals surface area contributed by atoms with Crippen molar-refractivity contribution in [1.82, 2.24) is 4.90 Å². The highest BCUT2D eigenvalue weighted by molar-refractivity contribution is 6.00. The zero-order valence-corrected chi connectivity index (χ0v) is 13.8. The smallest absolute Gasteiger partial charge is 0.457 e. The quantitative estimate of drug-likeness (QED) is 0.402. The molecule has 1 fully saturated rings. The molecule has 0 spiro atoms. The average Bonchev–Trinajstić information content (AvgIpc) is 2.83. The minimum absolute atomic E-state index is 0.0413. The van der Waals surface area contributed by atoms with Gasteiger partial charge in [0.25, 0.3) is 0 Å². The standard InChI is InChI=1S/C17H21NO6/c1-5-7-22-16(20)14-10(3)9-12-13(15(19)18(12)14)11(4)24-17(21)23-8-6-2/h5-6,11-13H,1-2,7-9H2,3-4H3/t11?,12-,13-/m1/s1. The van der Waals surface area contributed by atoms with Crippen molar-refractivity contribution < 1.29 is 28.6 Å². The van der Waals surface area contributed by atoms with Gasteiger partial charge in [-0.3, -0.25) is 4.79 Å². The van der Waals surface area contributed by atoms with Crippen LogP contribution in [0.15, 0.2) is 36.6 Å². The SMILES string of the molecule is C=CCOC(=O)OC(C)[C@H]1C(=O)N2C(C(=O)OCC=C)=C(C)C[C@H]12. The second kappa shape index (κ2) is 7.33. The van der Waals surface area contributed by atoms with E-state index in [2.05, 4.69) is 13.2 Å². The number of fused-ring (bicyclic) bond motifs is 1. The number of ether oxygens (including phenoxy) is 3. The molecule has 0 radical (unpaired) electrons. The Balaban J connectivity index is 2.00. The van der Waals surface area contributed by atoms with E-state index in [1.807, 2.05) is 0 Å². The van der Waals surface area contributed by atoms with E-state index in [0.717, 1.165) is 5.57 Å². The predicted octanol–water partition coefficient (Wildman–Crippen LogP) is 1.95. The second-order valence-electron chi connectivity index (χ2n) is 5.69. The lowest BCUT2D eigenvalue weighted by molar-refractivity contribution is -0.162. The Morgan fingerprint density at radius 3 is 2.54 bits per heavy atom. The van der Waals surface area contributed by atoms with Crippen molar-refractivity contribution in [3.8, 4) is 0 Å². The molecular formula is C17H21NO6. The van der Waals surface area contributed by atoms with Crippen LogP contribution in [0.2, 0.25) is 0 Å². The zero-order valence-electron chi connectivity index (χ0n) is 13.8. The van der Waals surface area contributed by atoms with Crippen molar-refractivity contribution >= 4 is 18.0 Å². The molecule has 7 nitrogen and oxygen atoms in total. The molecule has 130 valence electrons. The number of nitrogens with zero attached hydrogens (tertiary/aromatic N) is 1. The Bertz CT molecular complexity index is 608. The van der Waals surface area contributed by atoms with Crippen LogP contribution in [-0.2, 0) is 23.8 Å². The minimum atomic E-state index is -0.845. The molecule has 1 saturated heterocycles. The number of carbonyl (C=O) groups excluding carboxylic acids is 3. The van der Waals surface area contributed by atoms with E-state index < -0.39 is 24.1 Å². The number of amides is 1. The molecule has 0 bridgehead atoms. The fraction of sp³-hybridized carbons (Fsp3) is 0.471. The molecule has 2 aliphatic rings. The largest absolute Gasteiger partial charge is 0.508 e. The average molecular weight is 335 g/mol. The van der Waals surface area contributed by atoms with Crippen LogP contribution < -0.4 is 0 Å². The molecule has 0 aromatic heterocycles. The van der Waals surface area contributed by atoms with Gasteiger partial charge >= 0.3 is 12.1 Å². The summed E-state index contributed by atoms with van der Waals surface area (Å²) in [5.74, 6) is -1.30. The molecular weight excluding hydrogens is 314 g/mol. The fourth-order valence-corrected chi connectivity index (χ4v) is 3.05. The Morgan fingerprint density at radius 2 is 1.92 bits per heavy atom. The molecule has 2 aliphatic heterocycles. The van der Waals surface area contributed by atoms with Crippen molar-refractivity contribution in [1.29, 1.82) is 0 Å². The summed E-state index contributed by atoms with van der Waals surface area (Å²) in [5.41, 5.74) is 1.07. The van der Waals surface area contributed by atoms with Gasteiger partial charge in [0.2, 0.25) is 5.91 Å². The summed E-state index contributed by atoms with van der Waals surface area (Å²) in [6, 6.07) is -0.203. The Kier molecular flexibility index (Phi) is 5.43. The first kappa shape index (κ1) is 17.8. The van der Waals surface area contributed by atoms with E-state index in [-0.39, 0.29) is 30.9 Å². The molecule has 0 saturated carbocycles. The highest BCUT2D eigenvalue weighted by Crippen LogP contribution is 2.44. The van der Waals surface area contributed by atoms with Crippen LogP contribution in [0.3, 0.4) is 0 Å². The van der Waals surface area contributed by atoms with Crippen molar-refractivity contribution in [3.63, 3.8) is 0 Å². The Morgan fingerprint density at radius 1 is 1.29 bits per heavy atom. The number of esters is 1. The molecule has 0 aromatic carbocycles. The van der Waals surface area contributed by atoms with Crippen LogP contribution >= 0.6 is 0 Å². The van der Waals surface area contributed by atoms with Gasteiger partial charge in [0.15, 0.2) is 0 Å². The normalized spacial score (nSPS) is 23.1. The first-order valence-corrected chi connectivity index (χ1v) is 7.67. The monoisotopic (exact) mass is 335 g/mol. The summed E-state index contributed by atoms with van der Waals surface area (Å²) < 4.78 is 14.9. The maximum atomic E-state index is 12.4. The lowest BCUT2D eigenvalue weighted by Crippen LogP contribution is -2.62. The third-order valence-electron chi connectivity index (χ3n) is 4.06. The maximum absolute atomic E-state index is 12.4. The molecule has 24 heavy (non-hydrogen) atoms. The van der Waals surface area contributed by atoms with Crippen LogP contribution in [-0.4, -0.2) is 48.3 Å². The van der Waals surface area contributed by atoms with E-state index in [0.29, 0.717) is 6.42 Å². The molecule has 1 amide bonds. The topological polar surface area (TPSA) is 82.1 Å². The summed E-state index contributed by atoms with van der Waals surface area (Å²) in [4.78, 5) is 37.4. The number of rotatable bonds is 7. The van der Waals surface area contributed by atoms with Crippen molar-refractivity contribution in [2.24, 2.45) is 5.92 Å². The molecule has 2 rings (SSSR count). The highest BCUT2D eigenvalue weighted by Gasteiger charge is 2.57. The molecule has 1 unspecified atom stereocenters. The number of hydrogen-bond acceptors (Lipinski definition) is 6. The van der Waals surface area contributed by atoms with Crippen LogP contribution in [0.5, 0.6) is 0 Å². The van der Waals surface area contributed by atoms with Crippen LogP contribution in [0.25, 0.3) is 0 Å². The van der Waals surface area contributed by atoms with Gasteiger partial charge in [-0.05, 0) is 25.8 Å². The third kappa shape index (κ3) is 3.20. The van der Waals surface area contributed by atoms with Crippen molar-refractivity contribution in [2.45, 2.75) is 32.4 Å².